The summed E-state index contributed by atoms with van der Waals surface area (Å²) in [6.07, 6.45) is 3.81. The van der Waals surface area contributed by atoms with Gasteiger partial charge in [-0.15, -0.1) is 24.0 Å². The van der Waals surface area contributed by atoms with E-state index in [1.54, 1.807) is 0 Å². The van der Waals surface area contributed by atoms with E-state index >= 15 is 0 Å². The Morgan fingerprint density at radius 1 is 1.15 bits per heavy atom. The monoisotopic (exact) mass is 467 g/mol. The average Bonchev–Trinajstić information content (AvgIpc) is 3.08. The first-order chi connectivity index (χ1) is 11.8. The Labute approximate surface area is 173 Å². The fourth-order valence-corrected chi connectivity index (χ4v) is 3.32. The summed E-state index contributed by atoms with van der Waals surface area (Å²) < 4.78 is 1.95. The molecule has 3 rings (SSSR count). The highest BCUT2D eigenvalue weighted by Crippen LogP contribution is 2.46. The van der Waals surface area contributed by atoms with Crippen LogP contribution >= 0.6 is 24.0 Å². The van der Waals surface area contributed by atoms with Gasteiger partial charge in [0.1, 0.15) is 0 Å². The summed E-state index contributed by atoms with van der Waals surface area (Å²) in [5.74, 6) is 0.971. The molecule has 1 fully saturated rings. The van der Waals surface area contributed by atoms with E-state index in [1.807, 2.05) is 30.2 Å². The zero-order chi connectivity index (χ0) is 18.1. The van der Waals surface area contributed by atoms with E-state index < -0.39 is 0 Å². The van der Waals surface area contributed by atoms with Crippen molar-refractivity contribution < 1.29 is 0 Å². The van der Waals surface area contributed by atoms with Crippen molar-refractivity contribution in [2.45, 2.75) is 46.3 Å². The van der Waals surface area contributed by atoms with Crippen molar-refractivity contribution in [2.75, 3.05) is 13.6 Å². The summed E-state index contributed by atoms with van der Waals surface area (Å²) in [4.78, 5) is 6.87. The first-order valence-corrected chi connectivity index (χ1v) is 8.88. The third kappa shape index (κ3) is 3.89. The highest BCUT2D eigenvalue weighted by atomic mass is 127. The highest BCUT2D eigenvalue weighted by Gasteiger charge is 2.53. The van der Waals surface area contributed by atoms with Gasteiger partial charge in [-0.05, 0) is 31.0 Å². The lowest BCUT2D eigenvalue weighted by Gasteiger charge is -2.62. The molecule has 0 atom stereocenters. The molecule has 1 saturated heterocycles. The van der Waals surface area contributed by atoms with Gasteiger partial charge in [-0.25, -0.2) is 0 Å². The molecule has 1 N–H and O–H groups in total. The minimum Gasteiger partial charge on any atom is -0.352 e. The Morgan fingerprint density at radius 2 is 1.85 bits per heavy atom. The molecule has 2 aromatic rings. The van der Waals surface area contributed by atoms with Crippen molar-refractivity contribution in [2.24, 2.45) is 10.4 Å². The molecule has 5 nitrogen and oxygen atoms in total. The first-order valence-electron chi connectivity index (χ1n) is 8.88. The first kappa shape index (κ1) is 20.7. The van der Waals surface area contributed by atoms with Crippen LogP contribution in [-0.2, 0) is 13.1 Å². The number of guanidine groups is 1. The molecule has 0 bridgehead atoms. The molecule has 142 valence electrons. The lowest BCUT2D eigenvalue weighted by atomic mass is 9.65. The van der Waals surface area contributed by atoms with Crippen LogP contribution in [0.5, 0.6) is 0 Å². The van der Waals surface area contributed by atoms with Gasteiger partial charge in [0.15, 0.2) is 5.96 Å². The maximum atomic E-state index is 4.51. The SMILES string of the molecule is CN=C(NCc1ccccc1Cn1cccn1)N1CC(C)(C)C1(C)C.I. The number of aliphatic imine (C=N–C) groups is 1. The fraction of sp³-hybridized carbons (Fsp3) is 0.500. The van der Waals surface area contributed by atoms with E-state index in [-0.39, 0.29) is 29.5 Å². The van der Waals surface area contributed by atoms with E-state index in [9.17, 15) is 0 Å². The van der Waals surface area contributed by atoms with Crippen molar-refractivity contribution >= 4 is 29.9 Å². The van der Waals surface area contributed by atoms with Crippen LogP contribution in [0.3, 0.4) is 0 Å². The van der Waals surface area contributed by atoms with Crippen LogP contribution in [0, 0.1) is 5.41 Å². The zero-order valence-electron chi connectivity index (χ0n) is 16.4. The third-order valence-corrected chi connectivity index (χ3v) is 5.80. The van der Waals surface area contributed by atoms with Gasteiger partial charge >= 0.3 is 0 Å². The number of benzene rings is 1. The van der Waals surface area contributed by atoms with Gasteiger partial charge in [0.05, 0.1) is 6.54 Å². The van der Waals surface area contributed by atoms with E-state index in [0.29, 0.717) is 5.41 Å². The van der Waals surface area contributed by atoms with Crippen LogP contribution in [0.2, 0.25) is 0 Å². The van der Waals surface area contributed by atoms with Gasteiger partial charge in [-0.1, -0.05) is 38.1 Å². The number of nitrogens with zero attached hydrogens (tertiary/aromatic N) is 4. The molecule has 1 aromatic carbocycles. The van der Waals surface area contributed by atoms with E-state index in [2.05, 4.69) is 72.3 Å². The Balaban J connectivity index is 0.00000243. The van der Waals surface area contributed by atoms with Gasteiger partial charge in [0.25, 0.3) is 0 Å². The number of likely N-dealkylation sites (tertiary alicyclic amines) is 1. The maximum Gasteiger partial charge on any atom is 0.194 e. The minimum atomic E-state index is 0. The topological polar surface area (TPSA) is 45.5 Å². The van der Waals surface area contributed by atoms with Crippen LogP contribution in [0.15, 0.2) is 47.7 Å². The van der Waals surface area contributed by atoms with Gasteiger partial charge in [-0.2, -0.15) is 5.10 Å². The molecule has 1 aliphatic rings. The molecule has 1 aromatic heterocycles. The molecule has 0 aliphatic carbocycles. The van der Waals surface area contributed by atoms with Gasteiger partial charge in [-0.3, -0.25) is 9.67 Å². The van der Waals surface area contributed by atoms with Gasteiger partial charge in [0, 0.05) is 43.5 Å². The van der Waals surface area contributed by atoms with E-state index in [1.165, 1.54) is 11.1 Å². The molecule has 0 saturated carbocycles. The number of aromatic nitrogens is 2. The lowest BCUT2D eigenvalue weighted by Crippen LogP contribution is -2.72. The predicted molar refractivity (Wildman–Crippen MR) is 118 cm³/mol. The number of hydrogen-bond acceptors (Lipinski definition) is 2. The number of nitrogens with one attached hydrogen (secondary N) is 1. The number of halogens is 1. The largest absolute Gasteiger partial charge is 0.352 e. The quantitative estimate of drug-likeness (QED) is 0.424. The molecule has 1 aliphatic heterocycles. The van der Waals surface area contributed by atoms with Crippen LogP contribution in [0.4, 0.5) is 0 Å². The molecule has 0 spiro atoms. The van der Waals surface area contributed by atoms with Crippen LogP contribution < -0.4 is 5.32 Å². The summed E-state index contributed by atoms with van der Waals surface area (Å²) >= 11 is 0. The molecular formula is C20H30IN5. The molecule has 0 radical (unpaired) electrons. The van der Waals surface area contributed by atoms with Crippen molar-refractivity contribution in [3.8, 4) is 0 Å². The van der Waals surface area contributed by atoms with E-state index in [4.69, 9.17) is 0 Å². The molecule has 26 heavy (non-hydrogen) atoms. The third-order valence-electron chi connectivity index (χ3n) is 5.80. The number of hydrogen-bond donors (Lipinski definition) is 1. The lowest BCUT2D eigenvalue weighted by molar-refractivity contribution is -0.0667. The predicted octanol–water partition coefficient (Wildman–Crippen LogP) is 3.75. The average molecular weight is 467 g/mol. The maximum absolute atomic E-state index is 4.51. The smallest absolute Gasteiger partial charge is 0.194 e. The second kappa shape index (κ2) is 7.98. The molecule has 2 heterocycles. The summed E-state index contributed by atoms with van der Waals surface area (Å²) in [5.41, 5.74) is 2.94. The number of rotatable bonds is 4. The summed E-state index contributed by atoms with van der Waals surface area (Å²) in [6.45, 7) is 11.8. The van der Waals surface area contributed by atoms with Gasteiger partial charge in [0.2, 0.25) is 0 Å². The standard InChI is InChI=1S/C20H29N5.HI/c1-19(2)15-25(20(19,3)4)18(21-5)22-13-16-9-6-7-10-17(16)14-24-12-8-11-23-24;/h6-12H,13-15H2,1-5H3,(H,21,22);1H. The van der Waals surface area contributed by atoms with E-state index in [0.717, 1.165) is 25.6 Å². The highest BCUT2D eigenvalue weighted by molar-refractivity contribution is 14.0. The Hall–Kier alpha value is -1.57. The Kier molecular flexibility index (Phi) is 6.37. The minimum absolute atomic E-state index is 0. The Morgan fingerprint density at radius 3 is 2.38 bits per heavy atom. The van der Waals surface area contributed by atoms with Crippen LogP contribution in [0.1, 0.15) is 38.8 Å². The normalized spacial score (nSPS) is 18.0. The Bertz CT molecular complexity index is 749. The molecule has 0 amide bonds. The molecule has 6 heteroatoms. The second-order valence-corrected chi connectivity index (χ2v) is 7.90. The molecular weight excluding hydrogens is 437 g/mol. The second-order valence-electron chi connectivity index (χ2n) is 7.90. The van der Waals surface area contributed by atoms with Crippen molar-refractivity contribution in [3.63, 3.8) is 0 Å². The summed E-state index contributed by atoms with van der Waals surface area (Å²) in [7, 11) is 1.86. The fourth-order valence-electron chi connectivity index (χ4n) is 3.32. The summed E-state index contributed by atoms with van der Waals surface area (Å²) in [5, 5.41) is 7.86. The van der Waals surface area contributed by atoms with Crippen molar-refractivity contribution in [3.05, 3.63) is 53.9 Å². The van der Waals surface area contributed by atoms with Crippen LogP contribution in [-0.4, -0.2) is 39.8 Å². The van der Waals surface area contributed by atoms with Crippen molar-refractivity contribution in [1.82, 2.24) is 20.0 Å². The molecule has 0 unspecified atom stereocenters. The summed E-state index contributed by atoms with van der Waals surface area (Å²) in [6, 6.07) is 10.5. The zero-order valence-corrected chi connectivity index (χ0v) is 18.7. The van der Waals surface area contributed by atoms with Crippen molar-refractivity contribution in [1.29, 1.82) is 0 Å². The van der Waals surface area contributed by atoms with Crippen LogP contribution in [0.25, 0.3) is 0 Å². The van der Waals surface area contributed by atoms with Gasteiger partial charge < -0.3 is 10.2 Å².